The van der Waals surface area contributed by atoms with E-state index in [1.807, 2.05) is 13.2 Å². The zero-order valence-corrected chi connectivity index (χ0v) is 8.78. The number of rotatable bonds is 2. The Kier molecular flexibility index (Phi) is 3.33. The van der Waals surface area contributed by atoms with Crippen LogP contribution in [-0.4, -0.2) is 11.4 Å². The van der Waals surface area contributed by atoms with E-state index in [2.05, 4.69) is 0 Å². The Morgan fingerprint density at radius 2 is 2.08 bits per heavy atom. The number of aryl methyl sites for hydroxylation is 1. The maximum Gasteiger partial charge on any atom is 0.129 e. The lowest BCUT2D eigenvalue weighted by Gasteiger charge is -2.10. The monoisotopic (exact) mass is 200 g/mol. The van der Waals surface area contributed by atoms with Crippen molar-refractivity contribution >= 4 is 11.8 Å². The molecule has 0 spiro atoms. The molecule has 1 atom stereocenters. The number of aliphatic hydroxyl groups excluding tert-OH is 1. The lowest BCUT2D eigenvalue weighted by atomic mass is 10.1. The summed E-state index contributed by atoms with van der Waals surface area (Å²) in [6.45, 7) is 3.43. The quantitative estimate of drug-likeness (QED) is 0.741. The number of halogens is 1. The van der Waals surface area contributed by atoms with E-state index < -0.39 is 6.10 Å². The molecule has 0 radical (unpaired) electrons. The van der Waals surface area contributed by atoms with Crippen LogP contribution in [0.2, 0.25) is 0 Å². The average molecular weight is 200 g/mol. The zero-order chi connectivity index (χ0) is 10.0. The Labute approximate surface area is 82.0 Å². The fourth-order valence-corrected chi connectivity index (χ4v) is 1.83. The van der Waals surface area contributed by atoms with Gasteiger partial charge in [-0.15, -0.1) is 11.8 Å². The molecule has 0 aliphatic rings. The van der Waals surface area contributed by atoms with Gasteiger partial charge in [0, 0.05) is 10.5 Å². The van der Waals surface area contributed by atoms with Gasteiger partial charge in [0.15, 0.2) is 0 Å². The second-order valence-electron chi connectivity index (χ2n) is 3.02. The molecule has 0 bridgehead atoms. The van der Waals surface area contributed by atoms with E-state index in [4.69, 9.17) is 0 Å². The molecule has 0 heterocycles. The first-order valence-electron chi connectivity index (χ1n) is 4.08. The van der Waals surface area contributed by atoms with E-state index in [-0.39, 0.29) is 5.82 Å². The SMILES string of the molecule is CSc1cc(C(C)O)c(F)cc1C. The van der Waals surface area contributed by atoms with Crippen LogP contribution >= 0.6 is 11.8 Å². The van der Waals surface area contributed by atoms with Crippen molar-refractivity contribution in [3.05, 3.63) is 29.1 Å². The topological polar surface area (TPSA) is 20.2 Å². The van der Waals surface area contributed by atoms with Crippen LogP contribution in [0.1, 0.15) is 24.2 Å². The first-order chi connectivity index (χ1) is 6.06. The van der Waals surface area contributed by atoms with Crippen molar-refractivity contribution in [3.63, 3.8) is 0 Å². The van der Waals surface area contributed by atoms with Gasteiger partial charge in [-0.1, -0.05) is 0 Å². The van der Waals surface area contributed by atoms with Crippen molar-refractivity contribution in [3.8, 4) is 0 Å². The molecular weight excluding hydrogens is 187 g/mol. The minimum Gasteiger partial charge on any atom is -0.389 e. The molecule has 0 aromatic heterocycles. The number of aliphatic hydroxyl groups is 1. The van der Waals surface area contributed by atoms with Crippen molar-refractivity contribution in [2.24, 2.45) is 0 Å². The first kappa shape index (κ1) is 10.5. The molecule has 1 nitrogen and oxygen atoms in total. The van der Waals surface area contributed by atoms with Crippen LogP contribution < -0.4 is 0 Å². The van der Waals surface area contributed by atoms with Gasteiger partial charge in [-0.2, -0.15) is 0 Å². The van der Waals surface area contributed by atoms with E-state index in [9.17, 15) is 9.50 Å². The summed E-state index contributed by atoms with van der Waals surface area (Å²) >= 11 is 1.56. The molecule has 0 fully saturated rings. The van der Waals surface area contributed by atoms with Crippen LogP contribution in [-0.2, 0) is 0 Å². The van der Waals surface area contributed by atoms with Gasteiger partial charge >= 0.3 is 0 Å². The minimum atomic E-state index is -0.744. The lowest BCUT2D eigenvalue weighted by Crippen LogP contribution is -1.97. The van der Waals surface area contributed by atoms with Crippen molar-refractivity contribution in [1.82, 2.24) is 0 Å². The van der Waals surface area contributed by atoms with Gasteiger partial charge in [-0.25, -0.2) is 4.39 Å². The van der Waals surface area contributed by atoms with Gasteiger partial charge in [0.05, 0.1) is 6.10 Å². The lowest BCUT2D eigenvalue weighted by molar-refractivity contribution is 0.194. The number of thioether (sulfide) groups is 1. The molecule has 1 unspecified atom stereocenters. The zero-order valence-electron chi connectivity index (χ0n) is 7.97. The summed E-state index contributed by atoms with van der Waals surface area (Å²) in [5.41, 5.74) is 1.28. The van der Waals surface area contributed by atoms with Gasteiger partial charge in [-0.3, -0.25) is 0 Å². The van der Waals surface area contributed by atoms with E-state index in [1.54, 1.807) is 24.8 Å². The Morgan fingerprint density at radius 1 is 1.46 bits per heavy atom. The number of hydrogen-bond acceptors (Lipinski definition) is 2. The Bertz CT molecular complexity index is 310. The first-order valence-corrected chi connectivity index (χ1v) is 5.31. The molecule has 0 saturated carbocycles. The second-order valence-corrected chi connectivity index (χ2v) is 3.87. The van der Waals surface area contributed by atoms with Gasteiger partial charge in [0.1, 0.15) is 5.82 Å². The number of hydrogen-bond donors (Lipinski definition) is 1. The predicted molar refractivity (Wildman–Crippen MR) is 53.6 cm³/mol. The largest absolute Gasteiger partial charge is 0.389 e. The molecule has 0 saturated heterocycles. The van der Waals surface area contributed by atoms with Gasteiger partial charge in [0.2, 0.25) is 0 Å². The molecule has 1 rings (SSSR count). The molecule has 1 aromatic carbocycles. The summed E-state index contributed by atoms with van der Waals surface area (Å²) in [6.07, 6.45) is 1.19. The summed E-state index contributed by atoms with van der Waals surface area (Å²) < 4.78 is 13.2. The van der Waals surface area contributed by atoms with Gasteiger partial charge in [0.25, 0.3) is 0 Å². The maximum absolute atomic E-state index is 13.2. The minimum absolute atomic E-state index is 0.328. The molecule has 0 amide bonds. The number of benzene rings is 1. The average Bonchev–Trinajstić information content (AvgIpc) is 2.03. The summed E-state index contributed by atoms with van der Waals surface area (Å²) in [7, 11) is 0. The van der Waals surface area contributed by atoms with Crippen LogP contribution in [0.15, 0.2) is 17.0 Å². The molecule has 13 heavy (non-hydrogen) atoms. The molecule has 72 valence electrons. The summed E-state index contributed by atoms with van der Waals surface area (Å²) in [5.74, 6) is -0.328. The third-order valence-corrected chi connectivity index (χ3v) is 2.84. The summed E-state index contributed by atoms with van der Waals surface area (Å²) in [5, 5.41) is 9.27. The predicted octanol–water partition coefficient (Wildman–Crippen LogP) is 2.91. The third-order valence-electron chi connectivity index (χ3n) is 1.96. The molecule has 1 N–H and O–H groups in total. The van der Waals surface area contributed by atoms with Crippen LogP contribution in [0, 0.1) is 12.7 Å². The normalized spacial score (nSPS) is 13.0. The molecule has 0 aliphatic heterocycles. The van der Waals surface area contributed by atoms with Crippen LogP contribution in [0.3, 0.4) is 0 Å². The second kappa shape index (κ2) is 4.11. The Balaban J connectivity index is 3.22. The third kappa shape index (κ3) is 2.23. The highest BCUT2D eigenvalue weighted by molar-refractivity contribution is 7.98. The van der Waals surface area contributed by atoms with E-state index in [0.717, 1.165) is 10.5 Å². The Morgan fingerprint density at radius 3 is 2.54 bits per heavy atom. The molecular formula is C10H13FOS. The van der Waals surface area contributed by atoms with E-state index in [1.165, 1.54) is 6.07 Å². The highest BCUT2D eigenvalue weighted by atomic mass is 32.2. The van der Waals surface area contributed by atoms with Crippen molar-refractivity contribution in [1.29, 1.82) is 0 Å². The highest BCUT2D eigenvalue weighted by Gasteiger charge is 2.10. The standard InChI is InChI=1S/C10H13FOS/c1-6-4-9(11)8(7(2)12)5-10(6)13-3/h4-5,7,12H,1-3H3. The summed E-state index contributed by atoms with van der Waals surface area (Å²) in [6, 6.07) is 3.17. The molecule has 3 heteroatoms. The summed E-state index contributed by atoms with van der Waals surface area (Å²) in [4.78, 5) is 1.01. The van der Waals surface area contributed by atoms with Crippen LogP contribution in [0.4, 0.5) is 4.39 Å². The molecule has 1 aromatic rings. The highest BCUT2D eigenvalue weighted by Crippen LogP contribution is 2.26. The van der Waals surface area contributed by atoms with Crippen LogP contribution in [0.5, 0.6) is 0 Å². The van der Waals surface area contributed by atoms with Gasteiger partial charge in [-0.05, 0) is 37.8 Å². The fourth-order valence-electron chi connectivity index (χ4n) is 1.21. The molecule has 0 aliphatic carbocycles. The van der Waals surface area contributed by atoms with Crippen molar-refractivity contribution in [2.45, 2.75) is 24.8 Å². The van der Waals surface area contributed by atoms with Gasteiger partial charge < -0.3 is 5.11 Å². The van der Waals surface area contributed by atoms with E-state index >= 15 is 0 Å². The van der Waals surface area contributed by atoms with E-state index in [0.29, 0.717) is 5.56 Å². The fraction of sp³-hybridized carbons (Fsp3) is 0.400. The van der Waals surface area contributed by atoms with Crippen molar-refractivity contribution < 1.29 is 9.50 Å². The van der Waals surface area contributed by atoms with Crippen LogP contribution in [0.25, 0.3) is 0 Å². The maximum atomic E-state index is 13.2. The van der Waals surface area contributed by atoms with Crippen molar-refractivity contribution in [2.75, 3.05) is 6.26 Å². The Hall–Kier alpha value is -0.540. The smallest absolute Gasteiger partial charge is 0.129 e.